The van der Waals surface area contributed by atoms with E-state index in [1.807, 2.05) is 58.2 Å². The lowest BCUT2D eigenvalue weighted by molar-refractivity contribution is 0.0950. The quantitative estimate of drug-likeness (QED) is 0.889. The van der Waals surface area contributed by atoms with Crippen molar-refractivity contribution < 1.29 is 4.79 Å². The summed E-state index contributed by atoms with van der Waals surface area (Å²) in [5, 5.41) is 6.76. The summed E-state index contributed by atoms with van der Waals surface area (Å²) in [6.07, 6.45) is 0. The van der Waals surface area contributed by atoms with Crippen LogP contribution in [0.4, 0.5) is 0 Å². The first-order valence-corrected chi connectivity index (χ1v) is 7.72. The van der Waals surface area contributed by atoms with Crippen LogP contribution in [-0.2, 0) is 0 Å². The van der Waals surface area contributed by atoms with Crippen LogP contribution in [0.1, 0.15) is 28.7 Å². The predicted molar refractivity (Wildman–Crippen MR) is 91.1 cm³/mol. The molecule has 2 aromatic rings. The van der Waals surface area contributed by atoms with Crippen molar-refractivity contribution in [3.63, 3.8) is 0 Å². The number of carbonyl (C=O) groups excluding carboxylic acids is 1. The highest BCUT2D eigenvalue weighted by Crippen LogP contribution is 2.22. The Morgan fingerprint density at radius 2 is 1.91 bits per heavy atom. The number of nitrogens with zero attached hydrogens (tertiary/aromatic N) is 1. The minimum absolute atomic E-state index is 0.0459. The molecule has 0 aliphatic rings. The van der Waals surface area contributed by atoms with Gasteiger partial charge >= 0.3 is 0 Å². The van der Waals surface area contributed by atoms with Crippen molar-refractivity contribution >= 4 is 17.5 Å². The second-order valence-electron chi connectivity index (χ2n) is 5.50. The fourth-order valence-electron chi connectivity index (χ4n) is 2.42. The van der Waals surface area contributed by atoms with Crippen LogP contribution in [-0.4, -0.2) is 30.1 Å². The van der Waals surface area contributed by atoms with Crippen LogP contribution in [0.15, 0.2) is 30.3 Å². The summed E-state index contributed by atoms with van der Waals surface area (Å²) in [7, 11) is 1.88. The predicted octanol–water partition coefficient (Wildman–Crippen LogP) is 3.09. The summed E-state index contributed by atoms with van der Waals surface area (Å²) in [6.45, 7) is 6.57. The van der Waals surface area contributed by atoms with Crippen LogP contribution in [0, 0.1) is 13.8 Å². The molecule has 1 unspecified atom stereocenters. The average Bonchev–Trinajstić information content (AvgIpc) is 2.80. The van der Waals surface area contributed by atoms with E-state index in [0.29, 0.717) is 17.1 Å². The van der Waals surface area contributed by atoms with Gasteiger partial charge in [0, 0.05) is 34.7 Å². The van der Waals surface area contributed by atoms with E-state index in [4.69, 9.17) is 11.6 Å². The van der Waals surface area contributed by atoms with Gasteiger partial charge < -0.3 is 15.2 Å². The summed E-state index contributed by atoms with van der Waals surface area (Å²) < 4.78 is 2.06. The number of halogens is 1. The number of nitrogens with one attached hydrogen (secondary N) is 2. The first-order valence-electron chi connectivity index (χ1n) is 7.34. The minimum Gasteiger partial charge on any atom is -0.350 e. The molecule has 0 radical (unpaired) electrons. The van der Waals surface area contributed by atoms with Gasteiger partial charge in [0.15, 0.2) is 0 Å². The zero-order valence-corrected chi connectivity index (χ0v) is 14.2. The Balaban J connectivity index is 2.27. The van der Waals surface area contributed by atoms with Gasteiger partial charge in [-0.05, 0) is 58.2 Å². The van der Waals surface area contributed by atoms with Gasteiger partial charge in [-0.2, -0.15) is 0 Å². The molecule has 4 nitrogen and oxygen atoms in total. The fourth-order valence-corrected chi connectivity index (χ4v) is 2.55. The molecule has 0 bridgehead atoms. The molecule has 1 heterocycles. The topological polar surface area (TPSA) is 46.1 Å². The number of carbonyl (C=O) groups is 1. The van der Waals surface area contributed by atoms with Gasteiger partial charge in [0.25, 0.3) is 5.91 Å². The first-order chi connectivity index (χ1) is 10.4. The summed E-state index contributed by atoms with van der Waals surface area (Å²) in [6, 6.07) is 9.77. The van der Waals surface area contributed by atoms with E-state index in [1.165, 1.54) is 0 Å². The Morgan fingerprint density at radius 3 is 2.50 bits per heavy atom. The minimum atomic E-state index is -0.0459. The van der Waals surface area contributed by atoms with Gasteiger partial charge in [0.05, 0.1) is 5.56 Å². The molecular weight excluding hydrogens is 298 g/mol. The van der Waals surface area contributed by atoms with Crippen LogP contribution < -0.4 is 10.6 Å². The lowest BCUT2D eigenvalue weighted by Gasteiger charge is -2.12. The second kappa shape index (κ2) is 6.99. The van der Waals surface area contributed by atoms with Crippen molar-refractivity contribution in [3.8, 4) is 5.69 Å². The Kier molecular flexibility index (Phi) is 5.27. The largest absolute Gasteiger partial charge is 0.350 e. The Labute approximate surface area is 136 Å². The van der Waals surface area contributed by atoms with Crippen molar-refractivity contribution in [1.29, 1.82) is 0 Å². The number of hydrogen-bond acceptors (Lipinski definition) is 2. The lowest BCUT2D eigenvalue weighted by atomic mass is 10.2. The molecule has 0 fully saturated rings. The Hall–Kier alpha value is -1.78. The van der Waals surface area contributed by atoms with E-state index in [1.54, 1.807) is 0 Å². The average molecular weight is 320 g/mol. The highest BCUT2D eigenvalue weighted by atomic mass is 35.5. The third-order valence-electron chi connectivity index (χ3n) is 3.82. The van der Waals surface area contributed by atoms with Gasteiger partial charge in [-0.25, -0.2) is 0 Å². The summed E-state index contributed by atoms with van der Waals surface area (Å²) in [5.41, 5.74) is 3.65. The Morgan fingerprint density at radius 1 is 1.27 bits per heavy atom. The molecule has 1 atom stereocenters. The SMILES string of the molecule is CNC(C)CNC(=O)c1cc(C)n(-c2ccc(Cl)cc2)c1C. The second-order valence-corrected chi connectivity index (χ2v) is 5.93. The molecule has 118 valence electrons. The first kappa shape index (κ1) is 16.6. The van der Waals surface area contributed by atoms with Crippen molar-refractivity contribution in [2.45, 2.75) is 26.8 Å². The molecule has 2 rings (SSSR count). The van der Waals surface area contributed by atoms with Gasteiger partial charge in [-0.3, -0.25) is 4.79 Å². The van der Waals surface area contributed by atoms with Crippen LogP contribution in [0.2, 0.25) is 5.02 Å². The third kappa shape index (κ3) is 3.51. The van der Waals surface area contributed by atoms with Crippen molar-refractivity contribution in [2.75, 3.05) is 13.6 Å². The van der Waals surface area contributed by atoms with Gasteiger partial charge in [0.2, 0.25) is 0 Å². The van der Waals surface area contributed by atoms with Crippen molar-refractivity contribution in [3.05, 3.63) is 52.3 Å². The van der Waals surface area contributed by atoms with E-state index in [-0.39, 0.29) is 11.9 Å². The van der Waals surface area contributed by atoms with E-state index >= 15 is 0 Å². The fraction of sp³-hybridized carbons (Fsp3) is 0.353. The van der Waals surface area contributed by atoms with Gasteiger partial charge in [-0.15, -0.1) is 0 Å². The third-order valence-corrected chi connectivity index (χ3v) is 4.07. The van der Waals surface area contributed by atoms with Gasteiger partial charge in [0.1, 0.15) is 0 Å². The molecule has 5 heteroatoms. The Bertz CT molecular complexity index is 661. The van der Waals surface area contributed by atoms with Crippen molar-refractivity contribution in [2.24, 2.45) is 0 Å². The molecule has 0 spiro atoms. The van der Waals surface area contributed by atoms with Crippen LogP contribution in [0.25, 0.3) is 5.69 Å². The molecule has 2 N–H and O–H groups in total. The standard InChI is InChI=1S/C17H22ClN3O/c1-11(19-4)10-20-17(22)16-9-12(2)21(13(16)3)15-7-5-14(18)6-8-15/h5-9,11,19H,10H2,1-4H3,(H,20,22). The highest BCUT2D eigenvalue weighted by Gasteiger charge is 2.16. The summed E-state index contributed by atoms with van der Waals surface area (Å²) >= 11 is 5.94. The molecule has 0 aliphatic carbocycles. The molecule has 1 aromatic carbocycles. The maximum Gasteiger partial charge on any atom is 0.253 e. The molecule has 1 aromatic heterocycles. The number of hydrogen-bond donors (Lipinski definition) is 2. The van der Waals surface area contributed by atoms with E-state index < -0.39 is 0 Å². The summed E-state index contributed by atoms with van der Waals surface area (Å²) in [5.74, 6) is -0.0459. The number of aromatic nitrogens is 1. The zero-order valence-electron chi connectivity index (χ0n) is 13.4. The number of aryl methyl sites for hydroxylation is 1. The van der Waals surface area contributed by atoms with Crippen molar-refractivity contribution in [1.82, 2.24) is 15.2 Å². The molecule has 22 heavy (non-hydrogen) atoms. The molecule has 0 saturated carbocycles. The molecule has 0 aliphatic heterocycles. The normalized spacial score (nSPS) is 12.2. The molecule has 0 saturated heterocycles. The van der Waals surface area contributed by atoms with Crippen LogP contribution in [0.5, 0.6) is 0 Å². The monoisotopic (exact) mass is 319 g/mol. The lowest BCUT2D eigenvalue weighted by Crippen LogP contribution is -2.37. The maximum absolute atomic E-state index is 12.4. The highest BCUT2D eigenvalue weighted by molar-refractivity contribution is 6.30. The van der Waals surface area contributed by atoms with Crippen LogP contribution in [0.3, 0.4) is 0 Å². The summed E-state index contributed by atoms with van der Waals surface area (Å²) in [4.78, 5) is 12.4. The number of rotatable bonds is 5. The van der Waals surface area contributed by atoms with Crippen LogP contribution >= 0.6 is 11.6 Å². The molecule has 1 amide bonds. The number of likely N-dealkylation sites (N-methyl/N-ethyl adjacent to an activating group) is 1. The number of benzene rings is 1. The maximum atomic E-state index is 12.4. The van der Waals surface area contributed by atoms with E-state index in [0.717, 1.165) is 17.1 Å². The van der Waals surface area contributed by atoms with Gasteiger partial charge in [-0.1, -0.05) is 11.6 Å². The van der Waals surface area contributed by atoms with E-state index in [2.05, 4.69) is 15.2 Å². The smallest absolute Gasteiger partial charge is 0.253 e. The number of amides is 1. The molecular formula is C17H22ClN3O. The zero-order chi connectivity index (χ0) is 16.3. The van der Waals surface area contributed by atoms with E-state index in [9.17, 15) is 4.79 Å².